The van der Waals surface area contributed by atoms with Crippen molar-refractivity contribution in [2.45, 2.75) is 278 Å². The van der Waals surface area contributed by atoms with Gasteiger partial charge >= 0.3 is 0 Å². The SMILES string of the molecule is CCCCCCCCCCCCCCCCCCNC(=O)CCN(CCN(CCC(=O)CCCCCCCCCCCCCCCCCC)C(C)C)C(C)C. The number of carbonyl (C=O) groups excluding carboxylic acids is 2. The standard InChI is InChI=1S/C50H101N3O2/c1-7-9-11-13-15-17-19-21-23-25-27-29-31-33-35-37-39-49(54)40-43-52(47(3)4)45-46-53(48(5)6)44-41-50(55)51-42-38-36-34-32-30-28-26-24-22-20-18-16-14-12-10-8-2/h47-48H,7-46H2,1-6H3,(H,51,55). The number of nitrogens with one attached hydrogen (secondary N) is 1. The van der Waals surface area contributed by atoms with E-state index in [1.54, 1.807) is 0 Å². The van der Waals surface area contributed by atoms with E-state index in [0.717, 1.165) is 52.0 Å². The zero-order valence-corrected chi connectivity index (χ0v) is 38.6. The Morgan fingerprint density at radius 1 is 0.364 bits per heavy atom. The predicted octanol–water partition coefficient (Wildman–Crippen LogP) is 14.8. The third-order valence-corrected chi connectivity index (χ3v) is 12.1. The van der Waals surface area contributed by atoms with E-state index >= 15 is 0 Å². The van der Waals surface area contributed by atoms with E-state index in [0.29, 0.717) is 30.7 Å². The molecule has 0 aliphatic carbocycles. The van der Waals surface area contributed by atoms with E-state index in [2.05, 4.69) is 56.7 Å². The van der Waals surface area contributed by atoms with Crippen molar-refractivity contribution < 1.29 is 9.59 Å². The summed E-state index contributed by atoms with van der Waals surface area (Å²) in [5, 5.41) is 3.18. The normalized spacial score (nSPS) is 11.9. The van der Waals surface area contributed by atoms with Crippen LogP contribution in [0.1, 0.15) is 266 Å². The lowest BCUT2D eigenvalue weighted by Gasteiger charge is -2.32. The maximum Gasteiger partial charge on any atom is 0.221 e. The smallest absolute Gasteiger partial charge is 0.221 e. The Morgan fingerprint density at radius 3 is 0.982 bits per heavy atom. The summed E-state index contributed by atoms with van der Waals surface area (Å²) in [6.45, 7) is 17.9. The molecule has 0 unspecified atom stereocenters. The summed E-state index contributed by atoms with van der Waals surface area (Å²) in [4.78, 5) is 30.2. The third kappa shape index (κ3) is 39.7. The summed E-state index contributed by atoms with van der Waals surface area (Å²) in [6.07, 6.45) is 45.8. The highest BCUT2D eigenvalue weighted by Gasteiger charge is 2.16. The van der Waals surface area contributed by atoms with E-state index in [1.165, 1.54) is 193 Å². The fraction of sp³-hybridized carbons (Fsp3) is 0.960. The van der Waals surface area contributed by atoms with Gasteiger partial charge in [-0.05, 0) is 40.5 Å². The summed E-state index contributed by atoms with van der Waals surface area (Å²) in [7, 11) is 0. The molecule has 5 nitrogen and oxygen atoms in total. The minimum absolute atomic E-state index is 0.187. The number of hydrogen-bond acceptors (Lipinski definition) is 4. The first-order valence-corrected chi connectivity index (χ1v) is 25.1. The van der Waals surface area contributed by atoms with Crippen molar-refractivity contribution in [1.82, 2.24) is 15.1 Å². The lowest BCUT2D eigenvalue weighted by molar-refractivity contribution is -0.122. The second kappa shape index (κ2) is 42.7. The van der Waals surface area contributed by atoms with Gasteiger partial charge in [0.05, 0.1) is 0 Å². The average molecular weight is 776 g/mol. The number of rotatable bonds is 45. The van der Waals surface area contributed by atoms with Crippen molar-refractivity contribution in [2.75, 3.05) is 32.7 Å². The van der Waals surface area contributed by atoms with Crippen LogP contribution in [-0.2, 0) is 9.59 Å². The molecular weight excluding hydrogens is 675 g/mol. The van der Waals surface area contributed by atoms with Crippen molar-refractivity contribution in [1.29, 1.82) is 0 Å². The van der Waals surface area contributed by atoms with Crippen LogP contribution in [0.2, 0.25) is 0 Å². The van der Waals surface area contributed by atoms with Gasteiger partial charge in [0, 0.05) is 64.1 Å². The van der Waals surface area contributed by atoms with Crippen LogP contribution in [0.4, 0.5) is 0 Å². The molecule has 0 radical (unpaired) electrons. The van der Waals surface area contributed by atoms with Crippen LogP contribution >= 0.6 is 0 Å². The highest BCUT2D eigenvalue weighted by atomic mass is 16.1. The molecule has 0 rings (SSSR count). The molecule has 0 aromatic carbocycles. The second-order valence-electron chi connectivity index (χ2n) is 18.0. The molecule has 328 valence electrons. The number of nitrogens with zero attached hydrogens (tertiary/aromatic N) is 2. The molecule has 0 fully saturated rings. The van der Waals surface area contributed by atoms with Crippen molar-refractivity contribution in [3.05, 3.63) is 0 Å². The van der Waals surface area contributed by atoms with Gasteiger partial charge in [0.25, 0.3) is 0 Å². The molecule has 0 aromatic heterocycles. The molecule has 1 N–H and O–H groups in total. The number of carbonyl (C=O) groups is 2. The minimum Gasteiger partial charge on any atom is -0.356 e. The maximum absolute atomic E-state index is 12.7. The zero-order chi connectivity index (χ0) is 40.5. The van der Waals surface area contributed by atoms with Crippen molar-refractivity contribution in [3.63, 3.8) is 0 Å². The summed E-state index contributed by atoms with van der Waals surface area (Å²) < 4.78 is 0. The molecule has 0 spiro atoms. The first-order valence-electron chi connectivity index (χ1n) is 25.1. The summed E-state index contributed by atoms with van der Waals surface area (Å²) in [6, 6.07) is 0.819. The Labute approximate surface area is 346 Å². The molecule has 0 saturated heterocycles. The van der Waals surface area contributed by atoms with Crippen molar-refractivity contribution in [3.8, 4) is 0 Å². The van der Waals surface area contributed by atoms with Crippen LogP contribution in [0.3, 0.4) is 0 Å². The van der Waals surface area contributed by atoms with E-state index in [1.807, 2.05) is 0 Å². The molecule has 0 heterocycles. The maximum atomic E-state index is 12.7. The van der Waals surface area contributed by atoms with Gasteiger partial charge in [-0.2, -0.15) is 0 Å². The number of Topliss-reactive ketones (excluding diaryl/α,β-unsaturated/α-hetero) is 1. The van der Waals surface area contributed by atoms with E-state index in [9.17, 15) is 9.59 Å². The van der Waals surface area contributed by atoms with Gasteiger partial charge in [0.1, 0.15) is 5.78 Å². The lowest BCUT2D eigenvalue weighted by Crippen LogP contribution is -2.43. The lowest BCUT2D eigenvalue weighted by atomic mass is 10.0. The quantitative estimate of drug-likeness (QED) is 0.0626. The molecule has 0 atom stereocenters. The van der Waals surface area contributed by atoms with Crippen LogP contribution in [0.15, 0.2) is 0 Å². The largest absolute Gasteiger partial charge is 0.356 e. The van der Waals surface area contributed by atoms with E-state index in [-0.39, 0.29) is 5.91 Å². The van der Waals surface area contributed by atoms with Gasteiger partial charge < -0.3 is 5.32 Å². The van der Waals surface area contributed by atoms with E-state index in [4.69, 9.17) is 0 Å². The highest BCUT2D eigenvalue weighted by Crippen LogP contribution is 2.16. The summed E-state index contributed by atoms with van der Waals surface area (Å²) >= 11 is 0. The fourth-order valence-corrected chi connectivity index (χ4v) is 8.01. The van der Waals surface area contributed by atoms with Crippen LogP contribution in [0, 0.1) is 0 Å². The van der Waals surface area contributed by atoms with Crippen LogP contribution in [0.5, 0.6) is 0 Å². The fourth-order valence-electron chi connectivity index (χ4n) is 8.01. The van der Waals surface area contributed by atoms with Crippen molar-refractivity contribution >= 4 is 11.7 Å². The van der Waals surface area contributed by atoms with Crippen LogP contribution in [-0.4, -0.2) is 66.3 Å². The highest BCUT2D eigenvalue weighted by molar-refractivity contribution is 5.78. The summed E-state index contributed by atoms with van der Waals surface area (Å²) in [5.41, 5.74) is 0. The minimum atomic E-state index is 0.187. The molecular formula is C50H101N3O2. The Bertz CT molecular complexity index is 800. The van der Waals surface area contributed by atoms with Crippen molar-refractivity contribution in [2.24, 2.45) is 0 Å². The molecule has 0 saturated carbocycles. The molecule has 0 aliphatic rings. The van der Waals surface area contributed by atoms with Gasteiger partial charge in [0.2, 0.25) is 5.91 Å². The first kappa shape index (κ1) is 54.1. The first-order chi connectivity index (χ1) is 26.8. The van der Waals surface area contributed by atoms with Gasteiger partial charge in [0.15, 0.2) is 0 Å². The van der Waals surface area contributed by atoms with Gasteiger partial charge in [-0.3, -0.25) is 19.4 Å². The van der Waals surface area contributed by atoms with Crippen LogP contribution in [0.25, 0.3) is 0 Å². The number of ketones is 1. The molecule has 0 aliphatic heterocycles. The second-order valence-corrected chi connectivity index (χ2v) is 18.0. The van der Waals surface area contributed by atoms with Crippen LogP contribution < -0.4 is 5.32 Å². The molecule has 0 bridgehead atoms. The average Bonchev–Trinajstić information content (AvgIpc) is 3.16. The van der Waals surface area contributed by atoms with Gasteiger partial charge in [-0.25, -0.2) is 0 Å². The molecule has 5 heteroatoms. The topological polar surface area (TPSA) is 52.7 Å². The summed E-state index contributed by atoms with van der Waals surface area (Å²) in [5.74, 6) is 0.616. The van der Waals surface area contributed by atoms with Gasteiger partial charge in [-0.15, -0.1) is 0 Å². The number of unbranched alkanes of at least 4 members (excludes halogenated alkanes) is 30. The number of hydrogen-bond donors (Lipinski definition) is 1. The third-order valence-electron chi connectivity index (χ3n) is 12.1. The monoisotopic (exact) mass is 776 g/mol. The zero-order valence-electron chi connectivity index (χ0n) is 38.6. The number of amides is 1. The van der Waals surface area contributed by atoms with Gasteiger partial charge in [-0.1, -0.05) is 206 Å². The van der Waals surface area contributed by atoms with E-state index < -0.39 is 0 Å². The Morgan fingerprint density at radius 2 is 0.655 bits per heavy atom. The predicted molar refractivity (Wildman–Crippen MR) is 244 cm³/mol. The molecule has 1 amide bonds. The molecule has 55 heavy (non-hydrogen) atoms. The molecule has 0 aromatic rings. The Balaban J connectivity index is 3.84. The Kier molecular flexibility index (Phi) is 41.9. The Hall–Kier alpha value is -0.940.